The van der Waals surface area contributed by atoms with Crippen LogP contribution in [0.1, 0.15) is 12.8 Å². The molecular formula is C13H25N5. The second kappa shape index (κ2) is 5.36. The largest absolute Gasteiger partial charge is 0.385 e. The average Bonchev–Trinajstić information content (AvgIpc) is 2.35. The second-order valence-corrected chi connectivity index (χ2v) is 5.83. The van der Waals surface area contributed by atoms with Crippen LogP contribution in [0.15, 0.2) is 11.5 Å². The van der Waals surface area contributed by atoms with E-state index in [4.69, 9.17) is 5.73 Å². The number of nitrogens with two attached hydrogens (primary N) is 1. The molecule has 5 N–H and O–H groups in total. The van der Waals surface area contributed by atoms with Crippen LogP contribution < -0.4 is 21.7 Å². The highest BCUT2D eigenvalue weighted by Crippen LogP contribution is 2.23. The average molecular weight is 251 g/mol. The third-order valence-electron chi connectivity index (χ3n) is 4.36. The summed E-state index contributed by atoms with van der Waals surface area (Å²) in [5.74, 6) is 2.51. The molecule has 4 bridgehead atoms. The van der Waals surface area contributed by atoms with Crippen LogP contribution in [-0.2, 0) is 0 Å². The SMILES string of the molecule is N/C1=C2\CCC(CNCCNCC3CN1C3)CN2. The van der Waals surface area contributed by atoms with E-state index >= 15 is 0 Å². The highest BCUT2D eigenvalue weighted by molar-refractivity contribution is 5.13. The van der Waals surface area contributed by atoms with Crippen LogP contribution in [0, 0.1) is 11.8 Å². The Balaban J connectivity index is 1.66. The summed E-state index contributed by atoms with van der Waals surface area (Å²) in [5, 5.41) is 10.6. The molecule has 0 aromatic carbocycles. The van der Waals surface area contributed by atoms with Gasteiger partial charge in [0.05, 0.1) is 5.70 Å². The van der Waals surface area contributed by atoms with Crippen molar-refractivity contribution in [3.63, 3.8) is 0 Å². The van der Waals surface area contributed by atoms with Crippen molar-refractivity contribution in [3.8, 4) is 0 Å². The lowest BCUT2D eigenvalue weighted by atomic mass is 9.95. The van der Waals surface area contributed by atoms with Gasteiger partial charge < -0.3 is 26.6 Å². The molecule has 0 aromatic rings. The minimum absolute atomic E-state index is 0.744. The Labute approximate surface area is 109 Å². The molecule has 5 heterocycles. The predicted octanol–water partition coefficient (Wildman–Crippen LogP) is -0.762. The fraction of sp³-hybridized carbons (Fsp3) is 0.846. The Morgan fingerprint density at radius 1 is 1.00 bits per heavy atom. The van der Waals surface area contributed by atoms with Gasteiger partial charge in [-0.05, 0) is 25.3 Å². The summed E-state index contributed by atoms with van der Waals surface area (Å²) >= 11 is 0. The van der Waals surface area contributed by atoms with E-state index in [1.165, 1.54) is 12.1 Å². The van der Waals surface area contributed by atoms with Crippen LogP contribution in [0.5, 0.6) is 0 Å². The van der Waals surface area contributed by atoms with Crippen LogP contribution in [-0.4, -0.2) is 50.7 Å². The molecule has 2 saturated heterocycles. The van der Waals surface area contributed by atoms with Gasteiger partial charge in [-0.3, -0.25) is 0 Å². The Kier molecular flexibility index (Phi) is 3.61. The number of rotatable bonds is 0. The van der Waals surface area contributed by atoms with Gasteiger partial charge in [0.25, 0.3) is 0 Å². The van der Waals surface area contributed by atoms with E-state index in [2.05, 4.69) is 20.9 Å². The minimum Gasteiger partial charge on any atom is -0.385 e. The van der Waals surface area contributed by atoms with Crippen molar-refractivity contribution in [3.05, 3.63) is 11.5 Å². The first-order chi connectivity index (χ1) is 8.83. The molecule has 5 heteroatoms. The second-order valence-electron chi connectivity index (χ2n) is 5.83. The van der Waals surface area contributed by atoms with Crippen LogP contribution in [0.2, 0.25) is 0 Å². The van der Waals surface area contributed by atoms with Crippen LogP contribution >= 0.6 is 0 Å². The molecule has 0 spiro atoms. The number of hydrogen-bond donors (Lipinski definition) is 4. The summed E-state index contributed by atoms with van der Waals surface area (Å²) in [4.78, 5) is 2.32. The number of allylic oxidation sites excluding steroid dienone is 1. The third-order valence-corrected chi connectivity index (χ3v) is 4.36. The lowest BCUT2D eigenvalue weighted by Crippen LogP contribution is -2.53. The number of fused-ring (bicyclic) bond motifs is 1. The van der Waals surface area contributed by atoms with E-state index in [-0.39, 0.29) is 0 Å². The van der Waals surface area contributed by atoms with Crippen molar-refractivity contribution in [2.45, 2.75) is 12.8 Å². The molecule has 2 fully saturated rings. The molecule has 0 radical (unpaired) electrons. The highest BCUT2D eigenvalue weighted by Gasteiger charge is 2.29. The molecule has 0 aromatic heterocycles. The first-order valence-corrected chi connectivity index (χ1v) is 7.22. The van der Waals surface area contributed by atoms with E-state index in [9.17, 15) is 0 Å². The Bertz CT molecular complexity index is 311. The standard InChI is InChI=1S/C13H25N5/c14-13-12-2-1-10(7-17-12)5-15-3-4-16-6-11-8-18(13)9-11/h10-11,15-17H,1-9,14H2/b13-12-. The maximum absolute atomic E-state index is 6.25. The summed E-state index contributed by atoms with van der Waals surface area (Å²) < 4.78 is 0. The molecular weight excluding hydrogens is 226 g/mol. The quantitative estimate of drug-likeness (QED) is 0.456. The summed E-state index contributed by atoms with van der Waals surface area (Å²) in [6.45, 7) is 7.69. The molecule has 5 nitrogen and oxygen atoms in total. The van der Waals surface area contributed by atoms with Gasteiger partial charge in [0.15, 0.2) is 0 Å². The summed E-state index contributed by atoms with van der Waals surface area (Å²) in [6, 6.07) is 0. The Hall–Kier alpha value is -0.940. The van der Waals surface area contributed by atoms with E-state index in [0.717, 1.165) is 69.9 Å². The molecule has 5 aliphatic rings. The Morgan fingerprint density at radius 2 is 1.72 bits per heavy atom. The number of nitrogens with one attached hydrogen (secondary N) is 3. The maximum atomic E-state index is 6.25. The normalized spacial score (nSPS) is 37.7. The van der Waals surface area contributed by atoms with Gasteiger partial charge in [-0.15, -0.1) is 0 Å². The lowest BCUT2D eigenvalue weighted by Gasteiger charge is -2.43. The molecule has 0 amide bonds. The van der Waals surface area contributed by atoms with Gasteiger partial charge >= 0.3 is 0 Å². The lowest BCUT2D eigenvalue weighted by molar-refractivity contribution is 0.134. The number of hydrogen-bond acceptors (Lipinski definition) is 5. The number of nitrogens with zero attached hydrogens (tertiary/aromatic N) is 1. The van der Waals surface area contributed by atoms with Crippen molar-refractivity contribution in [1.82, 2.24) is 20.9 Å². The molecule has 0 aliphatic carbocycles. The van der Waals surface area contributed by atoms with Crippen LogP contribution in [0.25, 0.3) is 0 Å². The molecule has 1 unspecified atom stereocenters. The van der Waals surface area contributed by atoms with Crippen LogP contribution in [0.3, 0.4) is 0 Å². The topological polar surface area (TPSA) is 65.3 Å². The summed E-state index contributed by atoms with van der Waals surface area (Å²) in [7, 11) is 0. The Morgan fingerprint density at radius 3 is 2.39 bits per heavy atom. The predicted molar refractivity (Wildman–Crippen MR) is 72.7 cm³/mol. The fourth-order valence-corrected chi connectivity index (χ4v) is 3.07. The molecule has 102 valence electrons. The van der Waals surface area contributed by atoms with Gasteiger partial charge in [-0.2, -0.15) is 0 Å². The van der Waals surface area contributed by atoms with Gasteiger partial charge in [0.1, 0.15) is 5.82 Å². The van der Waals surface area contributed by atoms with Gasteiger partial charge in [0, 0.05) is 45.2 Å². The fourth-order valence-electron chi connectivity index (χ4n) is 3.07. The number of piperidine rings is 1. The summed E-state index contributed by atoms with van der Waals surface area (Å²) in [6.07, 6.45) is 2.36. The molecule has 0 saturated carbocycles. The van der Waals surface area contributed by atoms with E-state index in [1.807, 2.05) is 0 Å². The van der Waals surface area contributed by atoms with Crippen molar-refractivity contribution in [2.24, 2.45) is 17.6 Å². The van der Waals surface area contributed by atoms with E-state index < -0.39 is 0 Å². The first-order valence-electron chi connectivity index (χ1n) is 7.22. The van der Waals surface area contributed by atoms with Crippen molar-refractivity contribution in [1.29, 1.82) is 0 Å². The molecule has 18 heavy (non-hydrogen) atoms. The van der Waals surface area contributed by atoms with Gasteiger partial charge in [-0.1, -0.05) is 0 Å². The zero-order valence-corrected chi connectivity index (χ0v) is 11.0. The van der Waals surface area contributed by atoms with E-state index in [0.29, 0.717) is 0 Å². The van der Waals surface area contributed by atoms with E-state index in [1.54, 1.807) is 0 Å². The smallest absolute Gasteiger partial charge is 0.118 e. The first kappa shape index (κ1) is 12.1. The van der Waals surface area contributed by atoms with Crippen molar-refractivity contribution in [2.75, 3.05) is 45.8 Å². The van der Waals surface area contributed by atoms with Crippen molar-refractivity contribution < 1.29 is 0 Å². The highest BCUT2D eigenvalue weighted by atomic mass is 15.3. The molecule has 1 atom stereocenters. The third kappa shape index (κ3) is 2.57. The van der Waals surface area contributed by atoms with Crippen molar-refractivity contribution >= 4 is 0 Å². The van der Waals surface area contributed by atoms with Gasteiger partial charge in [0.2, 0.25) is 0 Å². The molecule has 5 aliphatic heterocycles. The summed E-state index contributed by atoms with van der Waals surface area (Å²) in [5.41, 5.74) is 7.53. The zero-order chi connectivity index (χ0) is 12.4. The minimum atomic E-state index is 0.744. The van der Waals surface area contributed by atoms with Crippen LogP contribution in [0.4, 0.5) is 0 Å². The zero-order valence-electron chi connectivity index (χ0n) is 11.0. The maximum Gasteiger partial charge on any atom is 0.118 e. The monoisotopic (exact) mass is 251 g/mol. The molecule has 5 rings (SSSR count). The van der Waals surface area contributed by atoms with Gasteiger partial charge in [-0.25, -0.2) is 0 Å².